The minimum Gasteiger partial charge on any atom is -0.377 e. The van der Waals surface area contributed by atoms with E-state index in [-0.39, 0.29) is 12.1 Å². The van der Waals surface area contributed by atoms with Crippen LogP contribution in [0.3, 0.4) is 0 Å². The van der Waals surface area contributed by atoms with E-state index in [9.17, 15) is 0 Å². The van der Waals surface area contributed by atoms with Gasteiger partial charge in [0.1, 0.15) is 0 Å². The summed E-state index contributed by atoms with van der Waals surface area (Å²) in [5.74, 6) is 3.05. The lowest BCUT2D eigenvalue weighted by atomic mass is 9.97. The van der Waals surface area contributed by atoms with E-state index >= 15 is 0 Å². The van der Waals surface area contributed by atoms with Crippen LogP contribution >= 0.6 is 0 Å². The summed E-state index contributed by atoms with van der Waals surface area (Å²) in [5.41, 5.74) is 5.97. The molecule has 0 saturated heterocycles. The second kappa shape index (κ2) is 6.94. The molecule has 2 N–H and O–H groups in total. The molecular formula is C11H21NO. The first-order chi connectivity index (χ1) is 6.13. The van der Waals surface area contributed by atoms with Crippen LogP contribution < -0.4 is 5.73 Å². The fourth-order valence-corrected chi connectivity index (χ4v) is 1.42. The minimum absolute atomic E-state index is 0.0657. The van der Waals surface area contributed by atoms with Crippen LogP contribution in [-0.2, 0) is 4.74 Å². The van der Waals surface area contributed by atoms with Crippen LogP contribution in [0, 0.1) is 18.3 Å². The molecule has 0 spiro atoms. The molecule has 76 valence electrons. The Balaban J connectivity index is 3.96. The van der Waals surface area contributed by atoms with E-state index in [0.717, 1.165) is 12.8 Å². The zero-order valence-electron chi connectivity index (χ0n) is 8.92. The highest BCUT2D eigenvalue weighted by Crippen LogP contribution is 2.13. The maximum absolute atomic E-state index is 5.97. The molecule has 0 aromatic carbocycles. The Kier molecular flexibility index (Phi) is 6.66. The average molecular weight is 183 g/mol. The van der Waals surface area contributed by atoms with Gasteiger partial charge in [-0.2, -0.15) is 0 Å². The Morgan fingerprint density at radius 3 is 2.46 bits per heavy atom. The van der Waals surface area contributed by atoms with Crippen LogP contribution in [0.4, 0.5) is 0 Å². The van der Waals surface area contributed by atoms with Gasteiger partial charge < -0.3 is 10.5 Å². The molecule has 0 aliphatic rings. The molecule has 0 rings (SSSR count). The molecule has 0 saturated carbocycles. The summed E-state index contributed by atoms with van der Waals surface area (Å²) in [5, 5.41) is 0. The quantitative estimate of drug-likeness (QED) is 0.637. The van der Waals surface area contributed by atoms with E-state index < -0.39 is 0 Å². The third kappa shape index (κ3) is 4.92. The van der Waals surface area contributed by atoms with Crippen LogP contribution in [0.15, 0.2) is 0 Å². The van der Waals surface area contributed by atoms with Crippen LogP contribution in [0.25, 0.3) is 0 Å². The highest BCUT2D eigenvalue weighted by molar-refractivity contribution is 4.87. The average Bonchev–Trinajstić information content (AvgIpc) is 2.09. The van der Waals surface area contributed by atoms with E-state index in [4.69, 9.17) is 16.9 Å². The van der Waals surface area contributed by atoms with E-state index in [0.29, 0.717) is 12.5 Å². The number of hydrogen-bond acceptors (Lipinski definition) is 2. The minimum atomic E-state index is 0.0657. The first kappa shape index (κ1) is 12.5. The highest BCUT2D eigenvalue weighted by atomic mass is 16.5. The summed E-state index contributed by atoms with van der Waals surface area (Å²) in [7, 11) is 0. The summed E-state index contributed by atoms with van der Waals surface area (Å²) in [6.07, 6.45) is 6.90. The van der Waals surface area contributed by atoms with Crippen molar-refractivity contribution in [1.29, 1.82) is 0 Å². The monoisotopic (exact) mass is 183 g/mol. The van der Waals surface area contributed by atoms with Crippen LogP contribution in [0.2, 0.25) is 0 Å². The predicted octanol–water partition coefficient (Wildman–Crippen LogP) is 1.79. The normalized spacial score (nSPS) is 15.4. The molecule has 0 bridgehead atoms. The fourth-order valence-electron chi connectivity index (χ4n) is 1.42. The van der Waals surface area contributed by atoms with Gasteiger partial charge in [0, 0.05) is 19.1 Å². The molecule has 0 aromatic heterocycles. The summed E-state index contributed by atoms with van der Waals surface area (Å²) >= 11 is 0. The van der Waals surface area contributed by atoms with Gasteiger partial charge in [-0.15, -0.1) is 12.3 Å². The molecule has 0 aliphatic carbocycles. The van der Waals surface area contributed by atoms with Crippen molar-refractivity contribution >= 4 is 0 Å². The van der Waals surface area contributed by atoms with Crippen molar-refractivity contribution in [2.45, 2.75) is 45.8 Å². The molecule has 13 heavy (non-hydrogen) atoms. The van der Waals surface area contributed by atoms with Crippen molar-refractivity contribution in [1.82, 2.24) is 0 Å². The van der Waals surface area contributed by atoms with Crippen molar-refractivity contribution in [3.63, 3.8) is 0 Å². The molecule has 0 aromatic rings. The molecule has 0 radical (unpaired) electrons. The summed E-state index contributed by atoms with van der Waals surface area (Å²) in [4.78, 5) is 0. The Labute approximate surface area is 81.8 Å². The molecule has 0 amide bonds. The van der Waals surface area contributed by atoms with Crippen molar-refractivity contribution in [3.05, 3.63) is 0 Å². The Bertz CT molecular complexity index is 160. The maximum atomic E-state index is 5.97. The molecule has 0 fully saturated rings. The number of nitrogens with two attached hydrogens (primary N) is 1. The van der Waals surface area contributed by atoms with E-state index in [2.05, 4.69) is 19.8 Å². The summed E-state index contributed by atoms with van der Waals surface area (Å²) in [6, 6.07) is 0.0657. The van der Waals surface area contributed by atoms with Crippen molar-refractivity contribution in [3.8, 4) is 12.3 Å². The predicted molar refractivity (Wildman–Crippen MR) is 56.3 cm³/mol. The van der Waals surface area contributed by atoms with Gasteiger partial charge in [-0.3, -0.25) is 0 Å². The van der Waals surface area contributed by atoms with Gasteiger partial charge in [-0.25, -0.2) is 0 Å². The van der Waals surface area contributed by atoms with Gasteiger partial charge in [-0.1, -0.05) is 13.8 Å². The zero-order chi connectivity index (χ0) is 10.3. The smallest absolute Gasteiger partial charge is 0.0748 e. The van der Waals surface area contributed by atoms with E-state index in [1.807, 2.05) is 6.92 Å². The van der Waals surface area contributed by atoms with Crippen molar-refractivity contribution in [2.75, 3.05) is 6.61 Å². The highest BCUT2D eigenvalue weighted by Gasteiger charge is 2.20. The molecule has 2 heteroatoms. The lowest BCUT2D eigenvalue weighted by molar-refractivity contribution is 0.0112. The standard InChI is InChI=1S/C11H21NO/c1-5-7-8-10(12)11(9(3)4)13-6-2/h1,9-11H,6-8,12H2,2-4H3. The third-order valence-electron chi connectivity index (χ3n) is 2.06. The lowest BCUT2D eigenvalue weighted by Gasteiger charge is -2.26. The Morgan fingerprint density at radius 2 is 2.08 bits per heavy atom. The van der Waals surface area contributed by atoms with Gasteiger partial charge >= 0.3 is 0 Å². The van der Waals surface area contributed by atoms with Crippen LogP contribution in [0.1, 0.15) is 33.6 Å². The lowest BCUT2D eigenvalue weighted by Crippen LogP contribution is -2.40. The third-order valence-corrected chi connectivity index (χ3v) is 2.06. The molecule has 2 nitrogen and oxygen atoms in total. The van der Waals surface area contributed by atoms with Crippen LogP contribution in [-0.4, -0.2) is 18.8 Å². The zero-order valence-corrected chi connectivity index (χ0v) is 8.92. The molecule has 0 aliphatic heterocycles. The summed E-state index contributed by atoms with van der Waals surface area (Å²) in [6.45, 7) is 6.95. The van der Waals surface area contributed by atoms with Gasteiger partial charge in [0.05, 0.1) is 6.10 Å². The summed E-state index contributed by atoms with van der Waals surface area (Å²) < 4.78 is 5.57. The Hall–Kier alpha value is -0.520. The fraction of sp³-hybridized carbons (Fsp3) is 0.818. The number of ether oxygens (including phenoxy) is 1. The second-order valence-electron chi connectivity index (χ2n) is 3.57. The first-order valence-corrected chi connectivity index (χ1v) is 4.94. The Morgan fingerprint density at radius 1 is 1.46 bits per heavy atom. The second-order valence-corrected chi connectivity index (χ2v) is 3.57. The topological polar surface area (TPSA) is 35.2 Å². The van der Waals surface area contributed by atoms with E-state index in [1.165, 1.54) is 0 Å². The number of rotatable bonds is 6. The maximum Gasteiger partial charge on any atom is 0.0748 e. The van der Waals surface area contributed by atoms with Gasteiger partial charge in [-0.05, 0) is 19.3 Å². The SMILES string of the molecule is C#CCCC(N)C(OCC)C(C)C. The van der Waals surface area contributed by atoms with E-state index in [1.54, 1.807) is 0 Å². The largest absolute Gasteiger partial charge is 0.377 e. The molecule has 2 atom stereocenters. The number of terminal acetylenes is 1. The molecule has 0 heterocycles. The van der Waals surface area contributed by atoms with Gasteiger partial charge in [0.25, 0.3) is 0 Å². The van der Waals surface area contributed by atoms with Gasteiger partial charge in [0.15, 0.2) is 0 Å². The molecule has 2 unspecified atom stereocenters. The first-order valence-electron chi connectivity index (χ1n) is 4.94. The van der Waals surface area contributed by atoms with Crippen LogP contribution in [0.5, 0.6) is 0 Å². The molecular weight excluding hydrogens is 162 g/mol. The van der Waals surface area contributed by atoms with Crippen molar-refractivity contribution in [2.24, 2.45) is 11.7 Å². The van der Waals surface area contributed by atoms with Crippen molar-refractivity contribution < 1.29 is 4.74 Å². The van der Waals surface area contributed by atoms with Gasteiger partial charge in [0.2, 0.25) is 0 Å². The number of hydrogen-bond donors (Lipinski definition) is 1.